The fourth-order valence-electron chi connectivity index (χ4n) is 4.28. The molecule has 0 aromatic heterocycles. The van der Waals surface area contributed by atoms with Crippen LogP contribution in [0.15, 0.2) is 72.8 Å². The van der Waals surface area contributed by atoms with Crippen molar-refractivity contribution in [2.45, 2.75) is 52.2 Å². The van der Waals surface area contributed by atoms with Crippen molar-refractivity contribution in [3.05, 3.63) is 99.5 Å². The zero-order valence-electron chi connectivity index (χ0n) is 23.1. The summed E-state index contributed by atoms with van der Waals surface area (Å²) in [5, 5.41) is 4.00. The minimum absolute atomic E-state index is 0.0820. The largest absolute Gasteiger partial charge is 0.352 e. The van der Waals surface area contributed by atoms with Crippen LogP contribution in [0.4, 0.5) is 5.69 Å². The van der Waals surface area contributed by atoms with E-state index < -0.39 is 28.5 Å². The van der Waals surface area contributed by atoms with Gasteiger partial charge in [-0.05, 0) is 67.3 Å². The maximum atomic E-state index is 14.1. The second-order valence-electron chi connectivity index (χ2n) is 9.87. The number of carbonyl (C=O) groups is 2. The first kappa shape index (κ1) is 31.5. The van der Waals surface area contributed by atoms with Gasteiger partial charge in [-0.1, -0.05) is 72.6 Å². The summed E-state index contributed by atoms with van der Waals surface area (Å²) in [5.74, 6) is -0.830. The fourth-order valence-corrected chi connectivity index (χ4v) is 5.53. The molecular weight excluding hydrogens is 569 g/mol. The Hall–Kier alpha value is -3.07. The molecule has 0 radical (unpaired) electrons. The van der Waals surface area contributed by atoms with Crippen LogP contribution in [0.5, 0.6) is 0 Å². The van der Waals surface area contributed by atoms with Gasteiger partial charge in [0.1, 0.15) is 12.6 Å². The summed E-state index contributed by atoms with van der Waals surface area (Å²) in [5.41, 5.74) is 2.57. The highest BCUT2D eigenvalue weighted by Crippen LogP contribution is 2.26. The highest BCUT2D eigenvalue weighted by molar-refractivity contribution is 7.92. The van der Waals surface area contributed by atoms with E-state index in [2.05, 4.69) is 5.32 Å². The molecule has 0 aliphatic heterocycles. The first-order valence-corrected chi connectivity index (χ1v) is 15.6. The molecule has 214 valence electrons. The van der Waals surface area contributed by atoms with Gasteiger partial charge in [-0.3, -0.25) is 13.9 Å². The van der Waals surface area contributed by atoms with Gasteiger partial charge in [-0.2, -0.15) is 0 Å². The number of amides is 2. The van der Waals surface area contributed by atoms with Crippen LogP contribution in [0.25, 0.3) is 0 Å². The van der Waals surface area contributed by atoms with Crippen LogP contribution in [-0.4, -0.2) is 50.0 Å². The molecule has 3 aromatic carbocycles. The molecule has 0 spiro atoms. The van der Waals surface area contributed by atoms with Gasteiger partial charge < -0.3 is 10.2 Å². The molecule has 0 aliphatic rings. The van der Waals surface area contributed by atoms with E-state index in [0.29, 0.717) is 27.7 Å². The number of hydrogen-bond donors (Lipinski definition) is 1. The highest BCUT2D eigenvalue weighted by Gasteiger charge is 2.33. The Bertz CT molecular complexity index is 1420. The zero-order chi connectivity index (χ0) is 29.4. The van der Waals surface area contributed by atoms with Crippen molar-refractivity contribution >= 4 is 50.7 Å². The average Bonchev–Trinajstić information content (AvgIpc) is 2.90. The van der Waals surface area contributed by atoms with Crippen LogP contribution in [0.1, 0.15) is 37.0 Å². The van der Waals surface area contributed by atoms with Gasteiger partial charge in [-0.25, -0.2) is 8.42 Å². The molecule has 0 aliphatic carbocycles. The number of nitrogens with one attached hydrogen (secondary N) is 1. The van der Waals surface area contributed by atoms with Crippen molar-refractivity contribution < 1.29 is 18.0 Å². The molecule has 2 amide bonds. The van der Waals surface area contributed by atoms with E-state index in [-0.39, 0.29) is 24.9 Å². The molecule has 3 aromatic rings. The van der Waals surface area contributed by atoms with Gasteiger partial charge in [-0.15, -0.1) is 0 Å². The van der Waals surface area contributed by atoms with Crippen molar-refractivity contribution in [1.29, 1.82) is 0 Å². The summed E-state index contributed by atoms with van der Waals surface area (Å²) in [6.45, 7) is 5.19. The van der Waals surface area contributed by atoms with Crippen LogP contribution < -0.4 is 9.62 Å². The summed E-state index contributed by atoms with van der Waals surface area (Å²) >= 11 is 12.2. The van der Waals surface area contributed by atoms with Crippen molar-refractivity contribution in [2.24, 2.45) is 0 Å². The average molecular weight is 605 g/mol. The van der Waals surface area contributed by atoms with E-state index in [1.165, 1.54) is 4.90 Å². The molecule has 0 saturated carbocycles. The molecule has 40 heavy (non-hydrogen) atoms. The lowest BCUT2D eigenvalue weighted by Gasteiger charge is -2.34. The van der Waals surface area contributed by atoms with Crippen LogP contribution in [-0.2, 0) is 32.6 Å². The Morgan fingerprint density at radius 3 is 2.12 bits per heavy atom. The molecule has 2 unspecified atom stereocenters. The summed E-state index contributed by atoms with van der Waals surface area (Å²) in [4.78, 5) is 29.2. The Labute approximate surface area is 247 Å². The predicted molar refractivity (Wildman–Crippen MR) is 162 cm³/mol. The lowest BCUT2D eigenvalue weighted by molar-refractivity contribution is -0.140. The first-order chi connectivity index (χ1) is 18.9. The van der Waals surface area contributed by atoms with Crippen molar-refractivity contribution in [1.82, 2.24) is 10.2 Å². The number of halogens is 2. The molecule has 3 rings (SSSR count). The SMILES string of the molecule is CCC(C)NC(=O)C(Cc1ccccc1)N(Cc1ccc(Cl)cc1)C(=O)CN(c1ccc(Cl)cc1C)S(C)(=O)=O. The van der Waals surface area contributed by atoms with Gasteiger partial charge in [0.05, 0.1) is 11.9 Å². The Morgan fingerprint density at radius 1 is 0.925 bits per heavy atom. The molecule has 0 fully saturated rings. The second kappa shape index (κ2) is 14.0. The van der Waals surface area contributed by atoms with E-state index >= 15 is 0 Å². The van der Waals surface area contributed by atoms with Crippen LogP contribution in [0.2, 0.25) is 10.0 Å². The molecule has 7 nitrogen and oxygen atoms in total. The maximum absolute atomic E-state index is 14.1. The van der Waals surface area contributed by atoms with Crippen LogP contribution in [0.3, 0.4) is 0 Å². The Morgan fingerprint density at radius 2 is 1.55 bits per heavy atom. The van der Waals surface area contributed by atoms with Crippen LogP contribution in [0, 0.1) is 6.92 Å². The Kier molecular flexibility index (Phi) is 11.0. The fraction of sp³-hybridized carbons (Fsp3) is 0.333. The van der Waals surface area contributed by atoms with Crippen molar-refractivity contribution in [3.63, 3.8) is 0 Å². The number of nitrogens with zero attached hydrogens (tertiary/aromatic N) is 2. The minimum atomic E-state index is -3.86. The third kappa shape index (κ3) is 8.71. The van der Waals surface area contributed by atoms with Crippen molar-refractivity contribution in [3.8, 4) is 0 Å². The summed E-state index contributed by atoms with van der Waals surface area (Å²) in [6, 6.07) is 20.2. The van der Waals surface area contributed by atoms with Gasteiger partial charge in [0.2, 0.25) is 21.8 Å². The normalized spacial score (nSPS) is 12.8. The molecular formula is C30H35Cl2N3O4S. The number of rotatable bonds is 12. The Balaban J connectivity index is 2.07. The molecule has 0 saturated heterocycles. The van der Waals surface area contributed by atoms with E-state index in [4.69, 9.17) is 23.2 Å². The molecule has 10 heteroatoms. The quantitative estimate of drug-likeness (QED) is 0.291. The predicted octanol–water partition coefficient (Wildman–Crippen LogP) is 5.62. The lowest BCUT2D eigenvalue weighted by atomic mass is 10.0. The van der Waals surface area contributed by atoms with E-state index in [1.807, 2.05) is 44.2 Å². The number of anilines is 1. The van der Waals surface area contributed by atoms with Crippen LogP contribution >= 0.6 is 23.2 Å². The van der Waals surface area contributed by atoms with Gasteiger partial charge in [0.15, 0.2) is 0 Å². The smallest absolute Gasteiger partial charge is 0.244 e. The standard InChI is InChI=1S/C30H35Cl2N3O4S/c1-5-22(3)33-30(37)28(18-23-9-7-6-8-10-23)34(19-24-11-13-25(31)14-12-24)29(36)20-35(40(4,38)39)27-16-15-26(32)17-21(27)2/h6-17,22,28H,5,18-20H2,1-4H3,(H,33,37). The summed E-state index contributed by atoms with van der Waals surface area (Å²) < 4.78 is 26.9. The van der Waals surface area contributed by atoms with Gasteiger partial charge in [0, 0.05) is 29.1 Å². The summed E-state index contributed by atoms with van der Waals surface area (Å²) in [7, 11) is -3.86. The monoisotopic (exact) mass is 603 g/mol. The topological polar surface area (TPSA) is 86.8 Å². The van der Waals surface area contributed by atoms with E-state index in [0.717, 1.165) is 21.7 Å². The van der Waals surface area contributed by atoms with Gasteiger partial charge >= 0.3 is 0 Å². The molecule has 0 bridgehead atoms. The number of carbonyl (C=O) groups excluding carboxylic acids is 2. The third-order valence-corrected chi connectivity index (χ3v) is 8.26. The molecule has 2 atom stereocenters. The third-order valence-electron chi connectivity index (χ3n) is 6.65. The van der Waals surface area contributed by atoms with E-state index in [9.17, 15) is 18.0 Å². The number of hydrogen-bond acceptors (Lipinski definition) is 4. The molecule has 0 heterocycles. The number of sulfonamides is 1. The van der Waals surface area contributed by atoms with Gasteiger partial charge in [0.25, 0.3) is 0 Å². The zero-order valence-corrected chi connectivity index (χ0v) is 25.4. The lowest BCUT2D eigenvalue weighted by Crippen LogP contribution is -2.54. The molecule has 1 N–H and O–H groups in total. The number of aryl methyl sites for hydroxylation is 1. The maximum Gasteiger partial charge on any atom is 0.244 e. The highest BCUT2D eigenvalue weighted by atomic mass is 35.5. The number of benzene rings is 3. The second-order valence-corrected chi connectivity index (χ2v) is 12.7. The first-order valence-electron chi connectivity index (χ1n) is 13.0. The minimum Gasteiger partial charge on any atom is -0.352 e. The van der Waals surface area contributed by atoms with E-state index in [1.54, 1.807) is 49.4 Å². The summed E-state index contributed by atoms with van der Waals surface area (Å²) in [6.07, 6.45) is 2.02. The van der Waals surface area contributed by atoms with Crippen molar-refractivity contribution in [2.75, 3.05) is 17.1 Å².